The van der Waals surface area contributed by atoms with Crippen LogP contribution in [0.3, 0.4) is 0 Å². The van der Waals surface area contributed by atoms with Gasteiger partial charge in [-0.05, 0) is 34.7 Å². The minimum Gasteiger partial charge on any atom is -0.359 e. The van der Waals surface area contributed by atoms with E-state index in [1.807, 2.05) is 22.6 Å². The fourth-order valence-corrected chi connectivity index (χ4v) is 2.03. The number of pyridine rings is 1. The van der Waals surface area contributed by atoms with Gasteiger partial charge in [0.05, 0.1) is 19.1 Å². The summed E-state index contributed by atoms with van der Waals surface area (Å²) in [5, 5.41) is 1.39. The van der Waals surface area contributed by atoms with Gasteiger partial charge in [-0.15, -0.1) is 0 Å². The smallest absolute Gasteiger partial charge is 0.202 e. The third-order valence-electron chi connectivity index (χ3n) is 1.90. The van der Waals surface area contributed by atoms with Gasteiger partial charge in [0.25, 0.3) is 0 Å². The second-order valence-electron chi connectivity index (χ2n) is 2.75. The van der Waals surface area contributed by atoms with Gasteiger partial charge in [0.15, 0.2) is 0 Å². The molecule has 72 valence electrons. The van der Waals surface area contributed by atoms with Crippen molar-refractivity contribution in [1.82, 2.24) is 4.98 Å². The first-order chi connectivity index (χ1) is 6.61. The molecule has 0 amide bonds. The maximum Gasteiger partial charge on any atom is 0.202 e. The van der Waals surface area contributed by atoms with E-state index in [4.69, 9.17) is 23.2 Å². The average Bonchev–Trinajstić information content (AvgIpc) is 2.17. The number of halogens is 3. The lowest BCUT2D eigenvalue weighted by molar-refractivity contribution is 1.36. The number of benzene rings is 1. The van der Waals surface area contributed by atoms with Crippen LogP contribution in [0, 0.1) is 3.57 Å². The standard InChI is InChI=1S/C9H4Cl2INO/c10-5-2-1-4-8(7(5)11)13-3-6(12)9(4)14/h1-3H,(H,13,14). The molecule has 2 aromatic rings. The lowest BCUT2D eigenvalue weighted by Crippen LogP contribution is -2.06. The van der Waals surface area contributed by atoms with E-state index >= 15 is 0 Å². The van der Waals surface area contributed by atoms with Crippen LogP contribution in [-0.2, 0) is 0 Å². The molecule has 0 unspecified atom stereocenters. The van der Waals surface area contributed by atoms with E-state index in [-0.39, 0.29) is 5.43 Å². The molecule has 2 rings (SSSR count). The highest BCUT2D eigenvalue weighted by atomic mass is 127. The van der Waals surface area contributed by atoms with Crippen LogP contribution < -0.4 is 5.43 Å². The molecule has 0 aliphatic heterocycles. The van der Waals surface area contributed by atoms with E-state index in [1.54, 1.807) is 18.3 Å². The predicted molar refractivity (Wildman–Crippen MR) is 67.3 cm³/mol. The number of fused-ring (bicyclic) bond motifs is 1. The van der Waals surface area contributed by atoms with Gasteiger partial charge in [-0.2, -0.15) is 0 Å². The van der Waals surface area contributed by atoms with E-state index in [0.717, 1.165) is 0 Å². The van der Waals surface area contributed by atoms with Gasteiger partial charge in [-0.1, -0.05) is 23.2 Å². The first kappa shape index (κ1) is 10.3. The van der Waals surface area contributed by atoms with Crippen molar-refractivity contribution in [2.45, 2.75) is 0 Å². The van der Waals surface area contributed by atoms with Crippen molar-refractivity contribution in [2.75, 3.05) is 0 Å². The summed E-state index contributed by atoms with van der Waals surface area (Å²) in [4.78, 5) is 14.6. The van der Waals surface area contributed by atoms with Crippen molar-refractivity contribution in [1.29, 1.82) is 0 Å². The Morgan fingerprint density at radius 3 is 2.71 bits per heavy atom. The molecule has 1 aromatic carbocycles. The zero-order valence-electron chi connectivity index (χ0n) is 6.77. The molecular formula is C9H4Cl2INO. The van der Waals surface area contributed by atoms with Crippen LogP contribution in [0.2, 0.25) is 10.0 Å². The van der Waals surface area contributed by atoms with Gasteiger partial charge in [0.2, 0.25) is 5.43 Å². The van der Waals surface area contributed by atoms with Gasteiger partial charge in [0.1, 0.15) is 0 Å². The molecule has 0 atom stereocenters. The Labute approximate surface area is 103 Å². The Balaban J connectivity index is 3.02. The number of aromatic amines is 1. The minimum absolute atomic E-state index is 0.0297. The molecule has 5 heteroatoms. The number of aromatic nitrogens is 1. The topological polar surface area (TPSA) is 32.9 Å². The third-order valence-corrected chi connectivity index (χ3v) is 3.51. The zero-order chi connectivity index (χ0) is 10.3. The fourth-order valence-electron chi connectivity index (χ4n) is 1.21. The molecule has 1 N–H and O–H groups in total. The Morgan fingerprint density at radius 2 is 2.00 bits per heavy atom. The summed E-state index contributed by atoms with van der Waals surface area (Å²) in [7, 11) is 0. The lowest BCUT2D eigenvalue weighted by Gasteiger charge is -2.02. The van der Waals surface area contributed by atoms with Gasteiger partial charge in [0, 0.05) is 11.6 Å². The van der Waals surface area contributed by atoms with Crippen LogP contribution in [0.25, 0.3) is 10.9 Å². The van der Waals surface area contributed by atoms with Crippen molar-refractivity contribution < 1.29 is 0 Å². The maximum atomic E-state index is 11.7. The number of rotatable bonds is 0. The summed E-state index contributed by atoms with van der Waals surface area (Å²) in [5.74, 6) is 0. The quantitative estimate of drug-likeness (QED) is 0.733. The van der Waals surface area contributed by atoms with Crippen LogP contribution in [0.4, 0.5) is 0 Å². The first-order valence-corrected chi connectivity index (χ1v) is 5.59. The van der Waals surface area contributed by atoms with Crippen LogP contribution >= 0.6 is 45.8 Å². The molecular weight excluding hydrogens is 336 g/mol. The largest absolute Gasteiger partial charge is 0.359 e. The van der Waals surface area contributed by atoms with E-state index in [2.05, 4.69) is 4.98 Å². The van der Waals surface area contributed by atoms with Gasteiger partial charge < -0.3 is 4.98 Å². The van der Waals surface area contributed by atoms with Crippen LogP contribution in [0.15, 0.2) is 23.1 Å². The van der Waals surface area contributed by atoms with Crippen molar-refractivity contribution >= 4 is 56.7 Å². The van der Waals surface area contributed by atoms with Gasteiger partial charge in [-0.25, -0.2) is 0 Å². The molecule has 0 fully saturated rings. The number of H-pyrrole nitrogens is 1. The monoisotopic (exact) mass is 339 g/mol. The fraction of sp³-hybridized carbons (Fsp3) is 0. The van der Waals surface area contributed by atoms with Crippen LogP contribution in [-0.4, -0.2) is 4.98 Å². The molecule has 1 aromatic heterocycles. The maximum absolute atomic E-state index is 11.7. The molecule has 0 radical (unpaired) electrons. The van der Waals surface area contributed by atoms with Crippen molar-refractivity contribution in [3.63, 3.8) is 0 Å². The van der Waals surface area contributed by atoms with Crippen molar-refractivity contribution in [3.8, 4) is 0 Å². The SMILES string of the molecule is O=c1c(I)c[nH]c2c(Cl)c(Cl)ccc12. The Hall–Kier alpha value is -0.260. The Bertz CT molecular complexity index is 564. The van der Waals surface area contributed by atoms with Gasteiger partial charge in [-0.3, -0.25) is 4.79 Å². The summed E-state index contributed by atoms with van der Waals surface area (Å²) in [6.45, 7) is 0. The zero-order valence-corrected chi connectivity index (χ0v) is 10.4. The third kappa shape index (κ3) is 1.53. The van der Waals surface area contributed by atoms with Gasteiger partial charge >= 0.3 is 0 Å². The van der Waals surface area contributed by atoms with E-state index in [1.165, 1.54) is 0 Å². The normalized spacial score (nSPS) is 10.8. The Kier molecular flexibility index (Phi) is 2.72. The summed E-state index contributed by atoms with van der Waals surface area (Å²) in [6.07, 6.45) is 1.62. The molecule has 0 saturated heterocycles. The van der Waals surface area contributed by atoms with Crippen molar-refractivity contribution in [2.24, 2.45) is 0 Å². The average molecular weight is 340 g/mol. The number of hydrogen-bond donors (Lipinski definition) is 1. The molecule has 1 heterocycles. The summed E-state index contributed by atoms with van der Waals surface area (Å²) < 4.78 is 0.633. The molecule has 0 aliphatic carbocycles. The second-order valence-corrected chi connectivity index (χ2v) is 4.70. The highest BCUT2D eigenvalue weighted by Gasteiger charge is 2.08. The summed E-state index contributed by atoms with van der Waals surface area (Å²) in [5.41, 5.74) is 0.558. The lowest BCUT2D eigenvalue weighted by atomic mass is 10.2. The molecule has 2 nitrogen and oxygen atoms in total. The molecule has 14 heavy (non-hydrogen) atoms. The molecule has 0 aliphatic rings. The minimum atomic E-state index is -0.0297. The highest BCUT2D eigenvalue weighted by Crippen LogP contribution is 2.27. The number of nitrogens with one attached hydrogen (secondary N) is 1. The van der Waals surface area contributed by atoms with Crippen LogP contribution in [0.5, 0.6) is 0 Å². The summed E-state index contributed by atoms with van der Waals surface area (Å²) in [6, 6.07) is 3.29. The van der Waals surface area contributed by atoms with E-state index in [0.29, 0.717) is 24.5 Å². The van der Waals surface area contributed by atoms with E-state index < -0.39 is 0 Å². The van der Waals surface area contributed by atoms with E-state index in [9.17, 15) is 4.79 Å². The Morgan fingerprint density at radius 1 is 1.29 bits per heavy atom. The second kappa shape index (κ2) is 3.72. The molecule has 0 spiro atoms. The predicted octanol–water partition coefficient (Wildman–Crippen LogP) is 3.44. The highest BCUT2D eigenvalue weighted by molar-refractivity contribution is 14.1. The first-order valence-electron chi connectivity index (χ1n) is 3.76. The number of hydrogen-bond acceptors (Lipinski definition) is 1. The van der Waals surface area contributed by atoms with Crippen molar-refractivity contribution in [3.05, 3.63) is 42.2 Å². The molecule has 0 bridgehead atoms. The summed E-state index contributed by atoms with van der Waals surface area (Å²) >= 11 is 13.7. The van der Waals surface area contributed by atoms with Crippen LogP contribution in [0.1, 0.15) is 0 Å². The molecule has 0 saturated carbocycles.